The van der Waals surface area contributed by atoms with Gasteiger partial charge in [0.25, 0.3) is 5.91 Å². The summed E-state index contributed by atoms with van der Waals surface area (Å²) in [4.78, 5) is 18.8. The van der Waals surface area contributed by atoms with Gasteiger partial charge in [-0.05, 0) is 40.1 Å². The number of ether oxygens (including phenoxy) is 2. The normalized spacial score (nSPS) is 16.8. The first-order chi connectivity index (χ1) is 11.8. The van der Waals surface area contributed by atoms with Crippen LogP contribution in [-0.2, 0) is 16.9 Å². The van der Waals surface area contributed by atoms with Crippen molar-refractivity contribution < 1.29 is 18.8 Å². The Bertz CT molecular complexity index is 757. The second kappa shape index (κ2) is 6.72. The van der Waals surface area contributed by atoms with E-state index in [2.05, 4.69) is 15.5 Å². The van der Waals surface area contributed by atoms with E-state index in [1.807, 2.05) is 45.0 Å². The van der Waals surface area contributed by atoms with Crippen LogP contribution in [-0.4, -0.2) is 47.8 Å². The molecule has 2 heterocycles. The minimum absolute atomic E-state index is 0.150. The third-order valence-electron chi connectivity index (χ3n) is 3.72. The molecule has 1 unspecified atom stereocenters. The van der Waals surface area contributed by atoms with E-state index < -0.39 is 11.6 Å². The average Bonchev–Trinajstić information content (AvgIpc) is 3.02. The van der Waals surface area contributed by atoms with Crippen LogP contribution in [0.1, 0.15) is 25.6 Å². The molecule has 0 spiro atoms. The molecule has 0 radical (unpaired) electrons. The fraction of sp³-hybridized carbons (Fsp3) is 0.471. The molecular weight excluding hydrogens is 324 g/mol. The van der Waals surface area contributed by atoms with Crippen molar-refractivity contribution in [2.75, 3.05) is 20.7 Å². The van der Waals surface area contributed by atoms with Crippen LogP contribution < -0.4 is 14.8 Å². The number of nitrogens with one attached hydrogen (secondary N) is 1. The highest BCUT2D eigenvalue weighted by atomic mass is 16.6. The summed E-state index contributed by atoms with van der Waals surface area (Å²) in [5, 5.41) is 6.87. The molecule has 1 amide bonds. The lowest BCUT2D eigenvalue weighted by molar-refractivity contribution is -0.132. The number of hydrogen-bond donors (Lipinski definition) is 1. The van der Waals surface area contributed by atoms with E-state index >= 15 is 0 Å². The van der Waals surface area contributed by atoms with Gasteiger partial charge in [-0.15, -0.1) is 0 Å². The number of carbonyl (C=O) groups is 1. The van der Waals surface area contributed by atoms with Crippen molar-refractivity contribution in [1.82, 2.24) is 20.4 Å². The zero-order valence-corrected chi connectivity index (χ0v) is 14.8. The number of rotatable bonds is 5. The lowest BCUT2D eigenvalue weighted by atomic mass is 10.0. The maximum absolute atomic E-state index is 12.6. The van der Waals surface area contributed by atoms with Crippen molar-refractivity contribution in [3.63, 3.8) is 0 Å². The third-order valence-corrected chi connectivity index (χ3v) is 3.72. The number of benzene rings is 1. The Morgan fingerprint density at radius 2 is 2.04 bits per heavy atom. The molecule has 1 aliphatic rings. The van der Waals surface area contributed by atoms with Crippen LogP contribution in [0.15, 0.2) is 28.8 Å². The minimum Gasteiger partial charge on any atom is -0.485 e. The molecule has 1 aliphatic heterocycles. The molecule has 134 valence electrons. The number of amides is 1. The number of para-hydroxylation sites is 2. The van der Waals surface area contributed by atoms with E-state index in [1.54, 1.807) is 12.1 Å². The molecule has 8 nitrogen and oxygen atoms in total. The Morgan fingerprint density at radius 1 is 1.32 bits per heavy atom. The summed E-state index contributed by atoms with van der Waals surface area (Å²) >= 11 is 0. The lowest BCUT2D eigenvalue weighted by Crippen LogP contribution is -2.50. The summed E-state index contributed by atoms with van der Waals surface area (Å²) < 4.78 is 16.5. The van der Waals surface area contributed by atoms with Gasteiger partial charge >= 0.3 is 0 Å². The predicted molar refractivity (Wildman–Crippen MR) is 89.2 cm³/mol. The van der Waals surface area contributed by atoms with Gasteiger partial charge in [0.05, 0.1) is 12.1 Å². The van der Waals surface area contributed by atoms with E-state index in [0.717, 1.165) is 0 Å². The van der Waals surface area contributed by atoms with Gasteiger partial charge in [-0.25, -0.2) is 0 Å². The molecule has 0 aliphatic carbocycles. The number of hydrogen-bond acceptors (Lipinski definition) is 7. The van der Waals surface area contributed by atoms with Crippen LogP contribution in [0.3, 0.4) is 0 Å². The molecule has 1 N–H and O–H groups in total. The molecule has 1 aromatic carbocycles. The van der Waals surface area contributed by atoms with Crippen molar-refractivity contribution >= 4 is 5.91 Å². The van der Waals surface area contributed by atoms with Crippen molar-refractivity contribution in [1.29, 1.82) is 0 Å². The molecular formula is C17H22N4O4. The SMILES string of the molecule is CN(C)Cc1nc(C(C)(C)NC(=O)C2COc3ccccc3O2)no1. The Hall–Kier alpha value is -2.61. The minimum atomic E-state index is -0.800. The smallest absolute Gasteiger partial charge is 0.265 e. The van der Waals surface area contributed by atoms with Crippen LogP contribution >= 0.6 is 0 Å². The maximum Gasteiger partial charge on any atom is 0.265 e. The fourth-order valence-corrected chi connectivity index (χ4v) is 2.44. The number of fused-ring (bicyclic) bond motifs is 1. The zero-order valence-electron chi connectivity index (χ0n) is 14.8. The van der Waals surface area contributed by atoms with Crippen LogP contribution in [0.2, 0.25) is 0 Å². The Balaban J connectivity index is 1.66. The van der Waals surface area contributed by atoms with Gasteiger partial charge in [0, 0.05) is 0 Å². The summed E-state index contributed by atoms with van der Waals surface area (Å²) in [6, 6.07) is 7.26. The summed E-state index contributed by atoms with van der Waals surface area (Å²) in [5.41, 5.74) is -0.800. The molecule has 8 heteroatoms. The Kier molecular flexibility index (Phi) is 4.63. The van der Waals surface area contributed by atoms with E-state index in [9.17, 15) is 4.79 Å². The second-order valence-electron chi connectivity index (χ2n) is 6.73. The Morgan fingerprint density at radius 3 is 2.76 bits per heavy atom. The summed E-state index contributed by atoms with van der Waals surface area (Å²) in [6.07, 6.45) is -0.734. The highest BCUT2D eigenvalue weighted by molar-refractivity contribution is 5.82. The van der Waals surface area contributed by atoms with E-state index in [1.165, 1.54) is 0 Å². The summed E-state index contributed by atoms with van der Waals surface area (Å²) in [7, 11) is 3.82. The van der Waals surface area contributed by atoms with Crippen molar-refractivity contribution in [2.45, 2.75) is 32.0 Å². The number of nitrogens with zero attached hydrogens (tertiary/aromatic N) is 3. The largest absolute Gasteiger partial charge is 0.485 e. The summed E-state index contributed by atoms with van der Waals surface area (Å²) in [5.74, 6) is 1.80. The van der Waals surface area contributed by atoms with Gasteiger partial charge in [0.1, 0.15) is 6.61 Å². The van der Waals surface area contributed by atoms with E-state index in [-0.39, 0.29) is 12.5 Å². The van der Waals surface area contributed by atoms with Crippen LogP contribution in [0.5, 0.6) is 11.5 Å². The molecule has 1 atom stereocenters. The van der Waals surface area contributed by atoms with Crippen LogP contribution in [0.25, 0.3) is 0 Å². The maximum atomic E-state index is 12.6. The van der Waals surface area contributed by atoms with Gasteiger partial charge in [-0.1, -0.05) is 17.3 Å². The average molecular weight is 346 g/mol. The van der Waals surface area contributed by atoms with E-state index in [0.29, 0.717) is 29.8 Å². The first-order valence-corrected chi connectivity index (χ1v) is 8.03. The third kappa shape index (κ3) is 3.90. The standard InChI is InChI=1S/C17H22N4O4/c1-17(2,16-18-14(25-20-16)9-21(3)4)19-15(22)13-10-23-11-7-5-6-8-12(11)24-13/h5-8,13H,9-10H2,1-4H3,(H,19,22). The molecule has 25 heavy (non-hydrogen) atoms. The van der Waals surface area contributed by atoms with Gasteiger partial charge in [0.15, 0.2) is 17.3 Å². The number of aromatic nitrogens is 2. The second-order valence-corrected chi connectivity index (χ2v) is 6.73. The molecule has 0 bridgehead atoms. The zero-order chi connectivity index (χ0) is 18.0. The fourth-order valence-electron chi connectivity index (χ4n) is 2.44. The molecule has 0 saturated heterocycles. The van der Waals surface area contributed by atoms with Crippen molar-refractivity contribution in [3.8, 4) is 11.5 Å². The monoisotopic (exact) mass is 346 g/mol. The molecule has 3 rings (SSSR count). The van der Waals surface area contributed by atoms with Gasteiger partial charge in [0.2, 0.25) is 12.0 Å². The molecule has 1 aromatic heterocycles. The highest BCUT2D eigenvalue weighted by Gasteiger charge is 2.34. The van der Waals surface area contributed by atoms with Gasteiger partial charge in [-0.2, -0.15) is 4.98 Å². The summed E-state index contributed by atoms with van der Waals surface area (Å²) in [6.45, 7) is 4.31. The van der Waals surface area contributed by atoms with Gasteiger partial charge < -0.3 is 24.2 Å². The highest BCUT2D eigenvalue weighted by Crippen LogP contribution is 2.31. The Labute approximate surface area is 146 Å². The topological polar surface area (TPSA) is 89.7 Å². The van der Waals surface area contributed by atoms with Crippen molar-refractivity contribution in [3.05, 3.63) is 36.0 Å². The molecule has 0 saturated carbocycles. The van der Waals surface area contributed by atoms with Crippen LogP contribution in [0, 0.1) is 0 Å². The lowest BCUT2D eigenvalue weighted by Gasteiger charge is -2.29. The van der Waals surface area contributed by atoms with Gasteiger partial charge in [-0.3, -0.25) is 4.79 Å². The van der Waals surface area contributed by atoms with E-state index in [4.69, 9.17) is 14.0 Å². The predicted octanol–water partition coefficient (Wildman–Crippen LogP) is 1.32. The molecule has 2 aromatic rings. The van der Waals surface area contributed by atoms with Crippen LogP contribution in [0.4, 0.5) is 0 Å². The van der Waals surface area contributed by atoms with Crippen molar-refractivity contribution in [2.24, 2.45) is 0 Å². The number of carbonyl (C=O) groups excluding carboxylic acids is 1. The molecule has 0 fully saturated rings. The first kappa shape index (κ1) is 17.2. The quantitative estimate of drug-likeness (QED) is 0.873. The first-order valence-electron chi connectivity index (χ1n) is 8.03.